The number of halogens is 1. The fraction of sp³-hybridized carbons (Fsp3) is 0.565. The van der Waals surface area contributed by atoms with E-state index < -0.39 is 0 Å². The smallest absolute Gasteiger partial charge is 0.191 e. The number of hydrogen-bond donors (Lipinski definition) is 2. The summed E-state index contributed by atoms with van der Waals surface area (Å²) in [5, 5.41) is 10.8. The number of guanidine groups is 1. The SMILES string of the molecule is CCNC(=NCC(c1ccc(OC)cc1)N1CCOCC1)NCCc1c(C)noc1C.I. The van der Waals surface area contributed by atoms with Crippen molar-refractivity contribution < 1.29 is 14.0 Å². The zero-order chi connectivity index (χ0) is 22.1. The van der Waals surface area contributed by atoms with Crippen LogP contribution in [-0.2, 0) is 11.2 Å². The first kappa shape index (κ1) is 26.4. The normalized spacial score (nSPS) is 15.7. The Morgan fingerprint density at radius 1 is 1.19 bits per heavy atom. The molecule has 0 aliphatic carbocycles. The van der Waals surface area contributed by atoms with Crippen molar-refractivity contribution in [2.75, 3.05) is 53.0 Å². The Bertz CT molecular complexity index is 815. The minimum atomic E-state index is 0. The van der Waals surface area contributed by atoms with Gasteiger partial charge in [0.15, 0.2) is 5.96 Å². The number of ether oxygens (including phenoxy) is 2. The van der Waals surface area contributed by atoms with E-state index in [2.05, 4.69) is 39.7 Å². The van der Waals surface area contributed by atoms with Gasteiger partial charge in [0.2, 0.25) is 0 Å². The van der Waals surface area contributed by atoms with E-state index in [1.165, 1.54) is 5.56 Å². The maximum atomic E-state index is 5.56. The van der Waals surface area contributed by atoms with Gasteiger partial charge in [0.1, 0.15) is 11.5 Å². The second-order valence-corrected chi connectivity index (χ2v) is 7.64. The van der Waals surface area contributed by atoms with E-state index in [1.807, 2.05) is 26.0 Å². The summed E-state index contributed by atoms with van der Waals surface area (Å²) in [5.41, 5.74) is 3.35. The summed E-state index contributed by atoms with van der Waals surface area (Å²) in [6.07, 6.45) is 0.844. The van der Waals surface area contributed by atoms with E-state index >= 15 is 0 Å². The molecule has 1 aromatic carbocycles. The lowest BCUT2D eigenvalue weighted by atomic mass is 10.0. The summed E-state index contributed by atoms with van der Waals surface area (Å²) in [4.78, 5) is 7.36. The molecule has 2 heterocycles. The quantitative estimate of drug-likeness (QED) is 0.279. The molecule has 1 unspecified atom stereocenters. The van der Waals surface area contributed by atoms with Crippen LogP contribution in [0.25, 0.3) is 0 Å². The van der Waals surface area contributed by atoms with Gasteiger partial charge in [-0.05, 0) is 44.9 Å². The van der Waals surface area contributed by atoms with Gasteiger partial charge in [-0.3, -0.25) is 9.89 Å². The van der Waals surface area contributed by atoms with Gasteiger partial charge in [-0.15, -0.1) is 24.0 Å². The first-order valence-electron chi connectivity index (χ1n) is 11.0. The number of rotatable bonds is 9. The highest BCUT2D eigenvalue weighted by molar-refractivity contribution is 14.0. The lowest BCUT2D eigenvalue weighted by Crippen LogP contribution is -2.42. The molecule has 0 bridgehead atoms. The fourth-order valence-electron chi connectivity index (χ4n) is 3.83. The van der Waals surface area contributed by atoms with Crippen molar-refractivity contribution in [3.05, 3.63) is 46.8 Å². The number of nitrogens with one attached hydrogen (secondary N) is 2. The fourth-order valence-corrected chi connectivity index (χ4v) is 3.83. The molecule has 1 aromatic heterocycles. The van der Waals surface area contributed by atoms with E-state index in [0.717, 1.165) is 74.5 Å². The Hall–Kier alpha value is -1.85. The van der Waals surface area contributed by atoms with Crippen LogP contribution in [0.1, 0.15) is 35.5 Å². The van der Waals surface area contributed by atoms with Crippen LogP contribution in [0.3, 0.4) is 0 Å². The molecule has 9 heteroatoms. The molecule has 0 amide bonds. The van der Waals surface area contributed by atoms with Gasteiger partial charge in [0.05, 0.1) is 38.6 Å². The summed E-state index contributed by atoms with van der Waals surface area (Å²) >= 11 is 0. The highest BCUT2D eigenvalue weighted by Crippen LogP contribution is 2.24. The molecular weight excluding hydrogens is 521 g/mol. The number of morpholine rings is 1. The standard InChI is InChI=1S/C23H35N5O3.HI/c1-5-24-23(25-11-10-21-17(2)27-31-18(21)3)26-16-22(28-12-14-30-15-13-28)19-6-8-20(29-4)9-7-19;/h6-9,22H,5,10-16H2,1-4H3,(H2,24,25,26);1H. The van der Waals surface area contributed by atoms with Crippen LogP contribution in [0.5, 0.6) is 5.75 Å². The number of benzene rings is 1. The summed E-state index contributed by atoms with van der Waals surface area (Å²) in [5.74, 6) is 2.57. The average Bonchev–Trinajstić information content (AvgIpc) is 3.12. The Kier molecular flexibility index (Phi) is 11.3. The molecule has 8 nitrogen and oxygen atoms in total. The van der Waals surface area contributed by atoms with Crippen LogP contribution in [0, 0.1) is 13.8 Å². The summed E-state index contributed by atoms with van der Waals surface area (Å²) in [7, 11) is 1.69. The topological polar surface area (TPSA) is 84.2 Å². The van der Waals surface area contributed by atoms with Crippen LogP contribution < -0.4 is 15.4 Å². The van der Waals surface area contributed by atoms with Crippen LogP contribution in [0.4, 0.5) is 0 Å². The molecule has 1 atom stereocenters. The van der Waals surface area contributed by atoms with Gasteiger partial charge in [-0.1, -0.05) is 17.3 Å². The third kappa shape index (κ3) is 7.35. The molecular formula is C23H36IN5O3. The molecule has 3 rings (SSSR count). The molecule has 178 valence electrons. The largest absolute Gasteiger partial charge is 0.497 e. The number of methoxy groups -OCH3 is 1. The van der Waals surface area contributed by atoms with E-state index in [4.69, 9.17) is 19.0 Å². The van der Waals surface area contributed by atoms with Crippen molar-refractivity contribution in [3.63, 3.8) is 0 Å². The Morgan fingerprint density at radius 2 is 1.91 bits per heavy atom. The van der Waals surface area contributed by atoms with Gasteiger partial charge >= 0.3 is 0 Å². The van der Waals surface area contributed by atoms with Crippen molar-refractivity contribution in [2.45, 2.75) is 33.2 Å². The van der Waals surface area contributed by atoms with E-state index in [9.17, 15) is 0 Å². The van der Waals surface area contributed by atoms with Crippen LogP contribution in [0.2, 0.25) is 0 Å². The minimum absolute atomic E-state index is 0. The van der Waals surface area contributed by atoms with Crippen molar-refractivity contribution in [2.24, 2.45) is 4.99 Å². The Morgan fingerprint density at radius 3 is 2.50 bits per heavy atom. The maximum Gasteiger partial charge on any atom is 0.191 e. The Balaban J connectivity index is 0.00000363. The lowest BCUT2D eigenvalue weighted by molar-refractivity contribution is 0.0179. The number of aromatic nitrogens is 1. The second kappa shape index (κ2) is 13.6. The van der Waals surface area contributed by atoms with Gasteiger partial charge in [-0.2, -0.15) is 0 Å². The van der Waals surface area contributed by atoms with Crippen molar-refractivity contribution in [1.82, 2.24) is 20.7 Å². The monoisotopic (exact) mass is 557 g/mol. The molecule has 1 aliphatic heterocycles. The van der Waals surface area contributed by atoms with E-state index in [0.29, 0.717) is 6.54 Å². The van der Waals surface area contributed by atoms with Gasteiger partial charge in [0.25, 0.3) is 0 Å². The summed E-state index contributed by atoms with van der Waals surface area (Å²) in [6.45, 7) is 11.6. The minimum Gasteiger partial charge on any atom is -0.497 e. The summed E-state index contributed by atoms with van der Waals surface area (Å²) in [6, 6.07) is 8.48. The molecule has 32 heavy (non-hydrogen) atoms. The molecule has 1 aliphatic rings. The Labute approximate surface area is 208 Å². The van der Waals surface area contributed by atoms with Crippen molar-refractivity contribution in [3.8, 4) is 5.75 Å². The summed E-state index contributed by atoms with van der Waals surface area (Å²) < 4.78 is 16.1. The maximum absolute atomic E-state index is 5.56. The van der Waals surface area contributed by atoms with E-state index in [1.54, 1.807) is 7.11 Å². The second-order valence-electron chi connectivity index (χ2n) is 7.64. The highest BCUT2D eigenvalue weighted by atomic mass is 127. The predicted octanol–water partition coefficient (Wildman–Crippen LogP) is 3.09. The molecule has 2 aromatic rings. The number of nitrogens with zero attached hydrogens (tertiary/aromatic N) is 3. The zero-order valence-corrected chi connectivity index (χ0v) is 21.8. The third-order valence-corrected chi connectivity index (χ3v) is 5.60. The molecule has 1 fully saturated rings. The molecule has 0 saturated carbocycles. The molecule has 1 saturated heterocycles. The highest BCUT2D eigenvalue weighted by Gasteiger charge is 2.22. The number of aliphatic imine (C=N–C) groups is 1. The van der Waals surface area contributed by atoms with Crippen LogP contribution >= 0.6 is 24.0 Å². The third-order valence-electron chi connectivity index (χ3n) is 5.60. The van der Waals surface area contributed by atoms with Crippen LogP contribution in [0.15, 0.2) is 33.8 Å². The van der Waals surface area contributed by atoms with Crippen molar-refractivity contribution in [1.29, 1.82) is 0 Å². The zero-order valence-electron chi connectivity index (χ0n) is 19.5. The molecule has 2 N–H and O–H groups in total. The number of hydrogen-bond acceptors (Lipinski definition) is 6. The first-order chi connectivity index (χ1) is 15.1. The molecule has 0 spiro atoms. The van der Waals surface area contributed by atoms with Crippen LogP contribution in [-0.4, -0.2) is 69.1 Å². The van der Waals surface area contributed by atoms with Crippen molar-refractivity contribution >= 4 is 29.9 Å². The van der Waals surface area contributed by atoms with E-state index in [-0.39, 0.29) is 30.0 Å². The van der Waals surface area contributed by atoms with Gasteiger partial charge in [0, 0.05) is 31.7 Å². The average molecular weight is 557 g/mol. The first-order valence-corrected chi connectivity index (χ1v) is 11.0. The predicted molar refractivity (Wildman–Crippen MR) is 137 cm³/mol. The van der Waals surface area contributed by atoms with Gasteiger partial charge < -0.3 is 24.6 Å². The number of aryl methyl sites for hydroxylation is 2. The van der Waals surface area contributed by atoms with Gasteiger partial charge in [-0.25, -0.2) is 0 Å². The lowest BCUT2D eigenvalue weighted by Gasteiger charge is -2.34. The molecule has 0 radical (unpaired) electrons.